The van der Waals surface area contributed by atoms with Gasteiger partial charge in [-0.3, -0.25) is 10.4 Å². The Balaban J connectivity index is 2.47. The molecule has 0 saturated heterocycles. The molecule has 1 heterocycles. The zero-order valence-corrected chi connectivity index (χ0v) is 12.0. The van der Waals surface area contributed by atoms with Crippen molar-refractivity contribution in [1.82, 2.24) is 4.98 Å². The molecule has 0 amide bonds. The smallest absolute Gasteiger partial charge is 0.148 e. The molecule has 0 aliphatic rings. The van der Waals surface area contributed by atoms with E-state index in [1.165, 1.54) is 0 Å². The summed E-state index contributed by atoms with van der Waals surface area (Å²) in [6.07, 6.45) is 0.790. The van der Waals surface area contributed by atoms with Crippen LogP contribution in [-0.4, -0.2) is 10.8 Å². The van der Waals surface area contributed by atoms with Gasteiger partial charge < -0.3 is 10.5 Å². The molecule has 4 heteroatoms. The number of aryl methyl sites for hydroxylation is 3. The van der Waals surface area contributed by atoms with Crippen LogP contribution in [0.1, 0.15) is 29.4 Å². The SMILES string of the molecule is CCc1nc(C)ccc1Oc1c(C)cccc1C(=N)N. The van der Waals surface area contributed by atoms with Gasteiger partial charge >= 0.3 is 0 Å². The molecule has 2 aromatic rings. The summed E-state index contributed by atoms with van der Waals surface area (Å²) < 4.78 is 6.00. The summed E-state index contributed by atoms with van der Waals surface area (Å²) in [7, 11) is 0. The maximum absolute atomic E-state index is 7.65. The van der Waals surface area contributed by atoms with Gasteiger partial charge in [-0.25, -0.2) is 0 Å². The number of hydrogen-bond donors (Lipinski definition) is 2. The molecule has 2 rings (SSSR count). The number of rotatable bonds is 4. The number of aromatic nitrogens is 1. The van der Waals surface area contributed by atoms with E-state index >= 15 is 0 Å². The van der Waals surface area contributed by atoms with Crippen molar-refractivity contribution in [2.45, 2.75) is 27.2 Å². The van der Waals surface area contributed by atoms with Crippen LogP contribution in [0.25, 0.3) is 0 Å². The second-order valence-electron chi connectivity index (χ2n) is 4.72. The zero-order valence-electron chi connectivity index (χ0n) is 12.0. The molecule has 0 unspecified atom stereocenters. The highest BCUT2D eigenvalue weighted by Gasteiger charge is 2.13. The van der Waals surface area contributed by atoms with Crippen LogP contribution in [0.3, 0.4) is 0 Å². The highest BCUT2D eigenvalue weighted by atomic mass is 16.5. The number of nitrogens with one attached hydrogen (secondary N) is 1. The minimum atomic E-state index is 0.00168. The number of nitrogen functional groups attached to an aromatic ring is 1. The van der Waals surface area contributed by atoms with Crippen LogP contribution < -0.4 is 10.5 Å². The molecule has 0 fully saturated rings. The van der Waals surface area contributed by atoms with Crippen molar-refractivity contribution in [2.75, 3.05) is 0 Å². The lowest BCUT2D eigenvalue weighted by Crippen LogP contribution is -2.13. The minimum absolute atomic E-state index is 0.00168. The van der Waals surface area contributed by atoms with Gasteiger partial charge in [-0.1, -0.05) is 19.1 Å². The lowest BCUT2D eigenvalue weighted by molar-refractivity contribution is 0.468. The second-order valence-corrected chi connectivity index (χ2v) is 4.72. The second kappa shape index (κ2) is 5.74. The van der Waals surface area contributed by atoms with Gasteiger partial charge in [0, 0.05) is 5.69 Å². The average molecular weight is 269 g/mol. The predicted octanol–water partition coefficient (Wildman–Crippen LogP) is 3.34. The van der Waals surface area contributed by atoms with Crippen LogP contribution in [0.4, 0.5) is 0 Å². The third-order valence-corrected chi connectivity index (χ3v) is 3.12. The van der Waals surface area contributed by atoms with Crippen molar-refractivity contribution < 1.29 is 4.74 Å². The number of amidine groups is 1. The first-order valence-corrected chi connectivity index (χ1v) is 6.61. The van der Waals surface area contributed by atoms with E-state index in [1.807, 2.05) is 45.0 Å². The van der Waals surface area contributed by atoms with E-state index in [0.29, 0.717) is 11.3 Å². The summed E-state index contributed by atoms with van der Waals surface area (Å²) in [6.45, 7) is 5.94. The Morgan fingerprint density at radius 1 is 1.25 bits per heavy atom. The van der Waals surface area contributed by atoms with E-state index in [9.17, 15) is 0 Å². The summed E-state index contributed by atoms with van der Waals surface area (Å²) in [5.41, 5.74) is 9.04. The molecule has 0 radical (unpaired) electrons. The first kappa shape index (κ1) is 14.1. The predicted molar refractivity (Wildman–Crippen MR) is 80.6 cm³/mol. The van der Waals surface area contributed by atoms with Gasteiger partial charge in [0.15, 0.2) is 0 Å². The fourth-order valence-corrected chi connectivity index (χ4v) is 2.05. The van der Waals surface area contributed by atoms with Gasteiger partial charge in [-0.15, -0.1) is 0 Å². The van der Waals surface area contributed by atoms with Crippen LogP contribution >= 0.6 is 0 Å². The third kappa shape index (κ3) is 2.79. The summed E-state index contributed by atoms with van der Waals surface area (Å²) in [6, 6.07) is 9.43. The summed E-state index contributed by atoms with van der Waals surface area (Å²) in [4.78, 5) is 4.48. The molecule has 1 aromatic carbocycles. The van der Waals surface area contributed by atoms with Crippen molar-refractivity contribution in [3.8, 4) is 11.5 Å². The van der Waals surface area contributed by atoms with Gasteiger partial charge in [0.2, 0.25) is 0 Å². The van der Waals surface area contributed by atoms with Crippen molar-refractivity contribution in [3.05, 3.63) is 52.8 Å². The summed E-state index contributed by atoms with van der Waals surface area (Å²) in [5.74, 6) is 1.34. The molecule has 4 nitrogen and oxygen atoms in total. The molecule has 0 spiro atoms. The Morgan fingerprint density at radius 2 is 2.00 bits per heavy atom. The highest BCUT2D eigenvalue weighted by molar-refractivity contribution is 5.98. The van der Waals surface area contributed by atoms with E-state index in [4.69, 9.17) is 15.9 Å². The molecule has 20 heavy (non-hydrogen) atoms. The van der Waals surface area contributed by atoms with Crippen LogP contribution in [0, 0.1) is 19.3 Å². The van der Waals surface area contributed by atoms with Gasteiger partial charge in [0.25, 0.3) is 0 Å². The number of benzene rings is 1. The van der Waals surface area contributed by atoms with E-state index < -0.39 is 0 Å². The molecule has 104 valence electrons. The van der Waals surface area contributed by atoms with Crippen LogP contribution in [-0.2, 0) is 6.42 Å². The number of para-hydroxylation sites is 1. The summed E-state index contributed by atoms with van der Waals surface area (Å²) in [5, 5.41) is 7.65. The molecule has 0 aliphatic heterocycles. The third-order valence-electron chi connectivity index (χ3n) is 3.12. The minimum Gasteiger partial charge on any atom is -0.454 e. The number of nitrogens with zero attached hydrogens (tertiary/aromatic N) is 1. The maximum Gasteiger partial charge on any atom is 0.148 e. The van der Waals surface area contributed by atoms with Crippen LogP contribution in [0.5, 0.6) is 11.5 Å². The molecule has 3 N–H and O–H groups in total. The van der Waals surface area contributed by atoms with E-state index in [-0.39, 0.29) is 5.84 Å². The zero-order chi connectivity index (χ0) is 14.7. The molecule has 0 aliphatic carbocycles. The number of hydrogen-bond acceptors (Lipinski definition) is 3. The normalized spacial score (nSPS) is 10.3. The van der Waals surface area contributed by atoms with Crippen LogP contribution in [0.2, 0.25) is 0 Å². The average Bonchev–Trinajstić information content (AvgIpc) is 2.42. The largest absolute Gasteiger partial charge is 0.454 e. The lowest BCUT2D eigenvalue weighted by Gasteiger charge is -2.15. The Hall–Kier alpha value is -2.36. The Kier molecular flexibility index (Phi) is 4.03. The first-order valence-electron chi connectivity index (χ1n) is 6.61. The van der Waals surface area contributed by atoms with Crippen molar-refractivity contribution in [1.29, 1.82) is 5.41 Å². The van der Waals surface area contributed by atoms with Gasteiger partial charge in [0.05, 0.1) is 11.3 Å². The fraction of sp³-hybridized carbons (Fsp3) is 0.250. The van der Waals surface area contributed by atoms with E-state index in [0.717, 1.165) is 29.1 Å². The maximum atomic E-state index is 7.65. The van der Waals surface area contributed by atoms with Crippen molar-refractivity contribution in [2.24, 2.45) is 5.73 Å². The topological polar surface area (TPSA) is 72.0 Å². The Labute approximate surface area is 119 Å². The molecular formula is C16H19N3O. The molecule has 0 atom stereocenters. The molecular weight excluding hydrogens is 250 g/mol. The van der Waals surface area contributed by atoms with E-state index in [2.05, 4.69) is 4.98 Å². The van der Waals surface area contributed by atoms with Gasteiger partial charge in [-0.05, 0) is 44.0 Å². The number of nitrogens with two attached hydrogens (primary N) is 1. The van der Waals surface area contributed by atoms with Gasteiger partial charge in [0.1, 0.15) is 17.3 Å². The van der Waals surface area contributed by atoms with Crippen LogP contribution in [0.15, 0.2) is 30.3 Å². The molecule has 1 aromatic heterocycles. The molecule has 0 bridgehead atoms. The standard InChI is InChI=1S/C16H19N3O/c1-4-13-14(9-8-11(3)19-13)20-15-10(2)6-5-7-12(15)16(17)18/h5-9H,4H2,1-3H3,(H3,17,18). The Bertz CT molecular complexity index is 650. The fourth-order valence-electron chi connectivity index (χ4n) is 2.05. The highest BCUT2D eigenvalue weighted by Crippen LogP contribution is 2.30. The number of pyridine rings is 1. The van der Waals surface area contributed by atoms with E-state index in [1.54, 1.807) is 6.07 Å². The lowest BCUT2D eigenvalue weighted by atomic mass is 10.1. The first-order chi connectivity index (χ1) is 9.52. The Morgan fingerprint density at radius 3 is 2.65 bits per heavy atom. The molecule has 0 saturated carbocycles. The van der Waals surface area contributed by atoms with Crippen molar-refractivity contribution >= 4 is 5.84 Å². The van der Waals surface area contributed by atoms with Gasteiger partial charge in [-0.2, -0.15) is 0 Å². The van der Waals surface area contributed by atoms with Crippen molar-refractivity contribution in [3.63, 3.8) is 0 Å². The number of ether oxygens (including phenoxy) is 1. The monoisotopic (exact) mass is 269 g/mol. The quantitative estimate of drug-likeness (QED) is 0.660. The summed E-state index contributed by atoms with van der Waals surface area (Å²) >= 11 is 0.